The van der Waals surface area contributed by atoms with Crippen molar-refractivity contribution in [1.29, 1.82) is 0 Å². The van der Waals surface area contributed by atoms with Crippen molar-refractivity contribution in [1.82, 2.24) is 0 Å². The van der Waals surface area contributed by atoms with Gasteiger partial charge in [0, 0.05) is 5.57 Å². The minimum atomic E-state index is -1.38. The molecule has 0 aliphatic heterocycles. The lowest BCUT2D eigenvalue weighted by molar-refractivity contribution is -0.152. The number of aromatic carboxylic acids is 1. The molecule has 0 saturated heterocycles. The van der Waals surface area contributed by atoms with Gasteiger partial charge in [-0.05, 0) is 25.1 Å². The molecule has 1 unspecified atom stereocenters. The highest BCUT2D eigenvalue weighted by atomic mass is 16.6. The lowest BCUT2D eigenvalue weighted by Gasteiger charge is -2.16. The third-order valence-electron chi connectivity index (χ3n) is 2.86. The minimum absolute atomic E-state index is 0.0689. The monoisotopic (exact) mass is 332 g/mol. The van der Waals surface area contributed by atoms with Crippen LogP contribution in [0, 0.1) is 0 Å². The maximum Gasteiger partial charge on any atom is 0.339 e. The molecule has 1 rings (SSSR count). The van der Waals surface area contributed by atoms with Crippen molar-refractivity contribution in [3.8, 4) is 0 Å². The topological polar surface area (TPSA) is 107 Å². The Kier molecular flexibility index (Phi) is 6.61. The molecule has 1 aromatic rings. The van der Waals surface area contributed by atoms with E-state index in [1.165, 1.54) is 31.2 Å². The first-order valence-electron chi connectivity index (χ1n) is 6.80. The molecule has 1 atom stereocenters. The van der Waals surface area contributed by atoms with E-state index < -0.39 is 36.4 Å². The minimum Gasteiger partial charge on any atom is -0.478 e. The summed E-state index contributed by atoms with van der Waals surface area (Å²) in [6, 6.07) is 5.44. The summed E-state index contributed by atoms with van der Waals surface area (Å²) < 4.78 is 9.78. The number of carbonyl (C=O) groups excluding carboxylic acids is 3. The summed E-state index contributed by atoms with van der Waals surface area (Å²) in [4.78, 5) is 46.3. The molecule has 1 aromatic carbocycles. The number of carbonyl (C=O) groups is 4. The normalized spacial score (nSPS) is 11.0. The van der Waals surface area contributed by atoms with Gasteiger partial charge in [-0.25, -0.2) is 14.4 Å². The van der Waals surface area contributed by atoms with Crippen LogP contribution < -0.4 is 0 Å². The van der Waals surface area contributed by atoms with E-state index in [0.717, 1.165) is 6.08 Å². The maximum atomic E-state index is 12.0. The van der Waals surface area contributed by atoms with Crippen molar-refractivity contribution in [2.24, 2.45) is 0 Å². The van der Waals surface area contributed by atoms with Gasteiger partial charge in [0.1, 0.15) is 6.61 Å². The van der Waals surface area contributed by atoms with E-state index >= 15 is 0 Å². The molecule has 0 aliphatic rings. The number of rotatable bonds is 8. The number of ether oxygens (including phenoxy) is 2. The molecule has 24 heavy (non-hydrogen) atoms. The van der Waals surface area contributed by atoms with Crippen molar-refractivity contribution in [3.63, 3.8) is 0 Å². The Morgan fingerprint density at radius 2 is 1.79 bits per heavy atom. The predicted octanol–water partition coefficient (Wildman–Crippen LogP) is 1.78. The number of esters is 2. The maximum absolute atomic E-state index is 12.0. The van der Waals surface area contributed by atoms with Gasteiger partial charge in [-0.2, -0.15) is 0 Å². The van der Waals surface area contributed by atoms with Crippen LogP contribution in [0.25, 0.3) is 0 Å². The second-order valence-electron chi connectivity index (χ2n) is 4.73. The molecule has 0 amide bonds. The Morgan fingerprint density at radius 3 is 2.29 bits per heavy atom. The molecule has 7 nitrogen and oxygen atoms in total. The zero-order valence-corrected chi connectivity index (χ0v) is 13.0. The highest BCUT2D eigenvalue weighted by molar-refractivity contribution is 6.02. The van der Waals surface area contributed by atoms with Crippen molar-refractivity contribution >= 4 is 23.7 Å². The van der Waals surface area contributed by atoms with Crippen LogP contribution in [0.5, 0.6) is 0 Å². The number of carboxylic acid groups (broad SMARTS) is 1. The number of ketones is 1. The number of hydrogen-bond donors (Lipinski definition) is 1. The fourth-order valence-corrected chi connectivity index (χ4v) is 1.61. The molecule has 7 heteroatoms. The zero-order valence-electron chi connectivity index (χ0n) is 13.0. The molecular weight excluding hydrogens is 316 g/mol. The summed E-state index contributed by atoms with van der Waals surface area (Å²) in [6.07, 6.45) is -0.456. The van der Waals surface area contributed by atoms with Crippen molar-refractivity contribution < 1.29 is 33.8 Å². The fourth-order valence-electron chi connectivity index (χ4n) is 1.61. The molecule has 0 aromatic heterocycles. The van der Waals surface area contributed by atoms with Crippen LogP contribution >= 0.6 is 0 Å². The largest absolute Gasteiger partial charge is 0.478 e. The van der Waals surface area contributed by atoms with E-state index in [0.29, 0.717) is 0 Å². The quantitative estimate of drug-likeness (QED) is 0.571. The molecular formula is C17H16O7. The van der Waals surface area contributed by atoms with Crippen LogP contribution in [0.4, 0.5) is 0 Å². The van der Waals surface area contributed by atoms with Crippen LogP contribution in [0.3, 0.4) is 0 Å². The summed E-state index contributed by atoms with van der Waals surface area (Å²) in [7, 11) is 0. The van der Waals surface area contributed by atoms with Gasteiger partial charge in [-0.1, -0.05) is 25.3 Å². The van der Waals surface area contributed by atoms with Crippen LogP contribution in [0.15, 0.2) is 49.1 Å². The zero-order chi connectivity index (χ0) is 18.3. The molecule has 0 aliphatic carbocycles. The van der Waals surface area contributed by atoms with E-state index in [1.807, 2.05) is 0 Å². The first kappa shape index (κ1) is 18.8. The van der Waals surface area contributed by atoms with Gasteiger partial charge in [-0.15, -0.1) is 0 Å². The average Bonchev–Trinajstić information content (AvgIpc) is 2.56. The van der Waals surface area contributed by atoms with E-state index in [9.17, 15) is 19.2 Å². The van der Waals surface area contributed by atoms with E-state index in [4.69, 9.17) is 14.6 Å². The Bertz CT molecular complexity index is 703. The summed E-state index contributed by atoms with van der Waals surface area (Å²) in [5.74, 6) is -3.74. The van der Waals surface area contributed by atoms with E-state index in [2.05, 4.69) is 13.2 Å². The number of hydrogen-bond acceptors (Lipinski definition) is 6. The Morgan fingerprint density at radius 1 is 1.21 bits per heavy atom. The van der Waals surface area contributed by atoms with Crippen molar-refractivity contribution in [3.05, 3.63) is 60.2 Å². The van der Waals surface area contributed by atoms with E-state index in [1.54, 1.807) is 0 Å². The summed E-state index contributed by atoms with van der Waals surface area (Å²) >= 11 is 0. The first-order chi connectivity index (χ1) is 11.3. The summed E-state index contributed by atoms with van der Waals surface area (Å²) in [6.45, 7) is 7.48. The second kappa shape index (κ2) is 8.42. The third kappa shape index (κ3) is 4.91. The predicted molar refractivity (Wildman–Crippen MR) is 83.6 cm³/mol. The van der Waals surface area contributed by atoms with Crippen molar-refractivity contribution in [2.75, 3.05) is 6.61 Å². The number of carboxylic acids is 1. The highest BCUT2D eigenvalue weighted by Crippen LogP contribution is 2.11. The second-order valence-corrected chi connectivity index (χ2v) is 4.73. The van der Waals surface area contributed by atoms with Gasteiger partial charge < -0.3 is 14.6 Å². The molecule has 126 valence electrons. The van der Waals surface area contributed by atoms with Gasteiger partial charge in [0.15, 0.2) is 11.9 Å². The summed E-state index contributed by atoms with van der Waals surface area (Å²) in [5.41, 5.74) is -0.353. The molecule has 1 N–H and O–H groups in total. The molecule has 0 radical (unpaired) electrons. The summed E-state index contributed by atoms with van der Waals surface area (Å²) in [5, 5.41) is 9.04. The van der Waals surface area contributed by atoms with E-state index in [-0.39, 0.29) is 16.7 Å². The Labute approximate surface area is 138 Å². The molecule has 0 fully saturated rings. The van der Waals surface area contributed by atoms with Crippen LogP contribution in [0.1, 0.15) is 27.6 Å². The van der Waals surface area contributed by atoms with Gasteiger partial charge >= 0.3 is 17.9 Å². The van der Waals surface area contributed by atoms with Gasteiger partial charge in [-0.3, -0.25) is 4.79 Å². The van der Waals surface area contributed by atoms with Crippen LogP contribution in [-0.2, 0) is 19.1 Å². The standard InChI is InChI=1S/C17H16O7/c1-4-13(18)14(24-16(21)10(2)3)9-23-17(22)12-8-6-5-7-11(12)15(19)20/h4-8,14H,1-2,9H2,3H3,(H,19,20). The van der Waals surface area contributed by atoms with Crippen LogP contribution in [-0.4, -0.2) is 41.5 Å². The first-order valence-corrected chi connectivity index (χ1v) is 6.80. The molecule has 0 bridgehead atoms. The van der Waals surface area contributed by atoms with Gasteiger partial charge in [0.05, 0.1) is 11.1 Å². The van der Waals surface area contributed by atoms with Gasteiger partial charge in [0.25, 0.3) is 0 Å². The SMILES string of the molecule is C=CC(=O)C(COC(=O)c1ccccc1C(=O)O)OC(=O)C(=C)C. The Balaban J connectivity index is 2.87. The lowest BCUT2D eigenvalue weighted by atomic mass is 10.1. The third-order valence-corrected chi connectivity index (χ3v) is 2.86. The van der Waals surface area contributed by atoms with Gasteiger partial charge in [0.2, 0.25) is 0 Å². The average molecular weight is 332 g/mol. The van der Waals surface area contributed by atoms with Crippen molar-refractivity contribution in [2.45, 2.75) is 13.0 Å². The lowest BCUT2D eigenvalue weighted by Crippen LogP contribution is -2.32. The fraction of sp³-hybridized carbons (Fsp3) is 0.176. The molecule has 0 spiro atoms. The number of benzene rings is 1. The smallest absolute Gasteiger partial charge is 0.339 e. The Hall–Kier alpha value is -3.22. The highest BCUT2D eigenvalue weighted by Gasteiger charge is 2.24. The van der Waals surface area contributed by atoms with Crippen LogP contribution in [0.2, 0.25) is 0 Å². The molecule has 0 heterocycles. The molecule has 0 saturated carbocycles.